The number of likely N-dealkylation sites (tertiary alicyclic amines) is 1. The molecule has 1 aromatic carbocycles. The molecule has 0 radical (unpaired) electrons. The standard InChI is InChI=1S/C15H19ClN2O4/c16-12-3-1-2-11(6-12)14(22)17-7-13(21)18-5-4-15(8-18,9-19)10-20/h1-3,6,19-20H,4-5,7-10H2,(H,17,22). The topological polar surface area (TPSA) is 89.9 Å². The number of hydrogen-bond donors (Lipinski definition) is 3. The SMILES string of the molecule is O=C(NCC(=O)N1CCC(CO)(CO)C1)c1cccc(Cl)c1. The lowest BCUT2D eigenvalue weighted by Gasteiger charge is -2.24. The molecule has 3 N–H and O–H groups in total. The summed E-state index contributed by atoms with van der Waals surface area (Å²) in [5.41, 5.74) is -0.242. The largest absolute Gasteiger partial charge is 0.396 e. The van der Waals surface area contributed by atoms with Crippen LogP contribution in [0, 0.1) is 5.41 Å². The Balaban J connectivity index is 1.87. The van der Waals surface area contributed by atoms with Gasteiger partial charge in [-0.05, 0) is 24.6 Å². The zero-order valence-corrected chi connectivity index (χ0v) is 12.8. The Bertz CT molecular complexity index is 560. The number of rotatable bonds is 5. The van der Waals surface area contributed by atoms with Crippen LogP contribution >= 0.6 is 11.6 Å². The van der Waals surface area contributed by atoms with Gasteiger partial charge < -0.3 is 20.4 Å². The highest BCUT2D eigenvalue weighted by Crippen LogP contribution is 2.29. The van der Waals surface area contributed by atoms with Crippen molar-refractivity contribution in [3.63, 3.8) is 0 Å². The smallest absolute Gasteiger partial charge is 0.251 e. The second kappa shape index (κ2) is 7.09. The van der Waals surface area contributed by atoms with Crippen LogP contribution in [-0.2, 0) is 4.79 Å². The molecule has 0 aromatic heterocycles. The Labute approximate surface area is 133 Å². The molecule has 6 nitrogen and oxygen atoms in total. The molecule has 0 unspecified atom stereocenters. The van der Waals surface area contributed by atoms with Crippen LogP contribution in [0.3, 0.4) is 0 Å². The molecule has 7 heteroatoms. The number of nitrogens with zero attached hydrogens (tertiary/aromatic N) is 1. The zero-order valence-electron chi connectivity index (χ0n) is 12.1. The Morgan fingerprint density at radius 2 is 2.05 bits per heavy atom. The minimum atomic E-state index is -0.632. The molecular formula is C15H19ClN2O4. The molecule has 1 aliphatic rings. The highest BCUT2D eigenvalue weighted by Gasteiger charge is 2.38. The van der Waals surface area contributed by atoms with Gasteiger partial charge in [0.1, 0.15) is 0 Å². The average Bonchev–Trinajstić information content (AvgIpc) is 2.97. The number of carbonyl (C=O) groups is 2. The Morgan fingerprint density at radius 3 is 2.64 bits per heavy atom. The molecule has 22 heavy (non-hydrogen) atoms. The molecule has 0 spiro atoms. The number of amides is 2. The van der Waals surface area contributed by atoms with E-state index in [0.717, 1.165) is 0 Å². The summed E-state index contributed by atoms with van der Waals surface area (Å²) in [4.78, 5) is 25.6. The minimum absolute atomic E-state index is 0.127. The van der Waals surface area contributed by atoms with E-state index in [1.165, 1.54) is 6.07 Å². The molecule has 2 rings (SSSR count). The summed E-state index contributed by atoms with van der Waals surface area (Å²) in [6.07, 6.45) is 0.550. The normalized spacial score (nSPS) is 16.6. The number of carbonyl (C=O) groups excluding carboxylic acids is 2. The van der Waals surface area contributed by atoms with Crippen LogP contribution in [0.25, 0.3) is 0 Å². The van der Waals surface area contributed by atoms with Crippen molar-refractivity contribution in [2.45, 2.75) is 6.42 Å². The van der Waals surface area contributed by atoms with Crippen molar-refractivity contribution < 1.29 is 19.8 Å². The number of aliphatic hydroxyl groups is 2. The first-order chi connectivity index (χ1) is 10.5. The molecule has 0 aliphatic carbocycles. The van der Waals surface area contributed by atoms with Gasteiger partial charge in [0.25, 0.3) is 5.91 Å². The van der Waals surface area contributed by atoms with E-state index in [0.29, 0.717) is 30.1 Å². The third-order valence-corrected chi connectivity index (χ3v) is 4.18. The number of aliphatic hydroxyl groups excluding tert-OH is 2. The van der Waals surface area contributed by atoms with Gasteiger partial charge in [-0.3, -0.25) is 9.59 Å². The fourth-order valence-electron chi connectivity index (χ4n) is 2.46. The van der Waals surface area contributed by atoms with Gasteiger partial charge in [0, 0.05) is 29.1 Å². The molecule has 0 saturated carbocycles. The summed E-state index contributed by atoms with van der Waals surface area (Å²) in [5.74, 6) is -0.607. The van der Waals surface area contributed by atoms with Gasteiger partial charge in [-0.2, -0.15) is 0 Å². The van der Waals surface area contributed by atoms with Crippen molar-refractivity contribution in [3.8, 4) is 0 Å². The van der Waals surface area contributed by atoms with E-state index in [4.69, 9.17) is 11.6 Å². The van der Waals surface area contributed by atoms with Gasteiger partial charge >= 0.3 is 0 Å². The Morgan fingerprint density at radius 1 is 1.32 bits per heavy atom. The Kier molecular flexibility index (Phi) is 5.39. The van der Waals surface area contributed by atoms with Crippen molar-refractivity contribution in [2.75, 3.05) is 32.8 Å². The molecule has 2 amide bonds. The maximum absolute atomic E-state index is 12.1. The fourth-order valence-corrected chi connectivity index (χ4v) is 2.65. The second-order valence-corrected chi connectivity index (χ2v) is 6.01. The van der Waals surface area contributed by atoms with Gasteiger partial charge in [-0.1, -0.05) is 17.7 Å². The highest BCUT2D eigenvalue weighted by molar-refractivity contribution is 6.30. The molecule has 120 valence electrons. The summed E-state index contributed by atoms with van der Waals surface area (Å²) in [6.45, 7) is 0.307. The first kappa shape index (κ1) is 16.7. The van der Waals surface area contributed by atoms with Gasteiger partial charge in [0.15, 0.2) is 0 Å². The number of nitrogens with one attached hydrogen (secondary N) is 1. The van der Waals surface area contributed by atoms with Gasteiger partial charge in [-0.15, -0.1) is 0 Å². The molecule has 1 saturated heterocycles. The van der Waals surface area contributed by atoms with Crippen LogP contribution in [0.4, 0.5) is 0 Å². The summed E-state index contributed by atoms with van der Waals surface area (Å²) in [6, 6.07) is 6.47. The van der Waals surface area contributed by atoms with Crippen LogP contribution in [0.15, 0.2) is 24.3 Å². The van der Waals surface area contributed by atoms with Crippen LogP contribution in [0.2, 0.25) is 5.02 Å². The number of benzene rings is 1. The van der Waals surface area contributed by atoms with Crippen LogP contribution in [0.1, 0.15) is 16.8 Å². The minimum Gasteiger partial charge on any atom is -0.396 e. The van der Waals surface area contributed by atoms with E-state index < -0.39 is 5.41 Å². The molecule has 1 fully saturated rings. The predicted molar refractivity (Wildman–Crippen MR) is 81.6 cm³/mol. The van der Waals surface area contributed by atoms with Gasteiger partial charge in [0.2, 0.25) is 5.91 Å². The van der Waals surface area contributed by atoms with Crippen molar-refractivity contribution in [1.29, 1.82) is 0 Å². The van der Waals surface area contributed by atoms with E-state index in [9.17, 15) is 19.8 Å². The second-order valence-electron chi connectivity index (χ2n) is 5.57. The molecule has 0 bridgehead atoms. The Hall–Kier alpha value is -1.63. The maximum atomic E-state index is 12.1. The van der Waals surface area contributed by atoms with E-state index in [1.807, 2.05) is 0 Å². The van der Waals surface area contributed by atoms with Crippen molar-refractivity contribution in [3.05, 3.63) is 34.9 Å². The lowest BCUT2D eigenvalue weighted by Crippen LogP contribution is -2.41. The van der Waals surface area contributed by atoms with Crippen LogP contribution in [-0.4, -0.2) is 59.8 Å². The first-order valence-corrected chi connectivity index (χ1v) is 7.41. The van der Waals surface area contributed by atoms with E-state index in [2.05, 4.69) is 5.32 Å². The van der Waals surface area contributed by atoms with Crippen molar-refractivity contribution in [2.24, 2.45) is 5.41 Å². The van der Waals surface area contributed by atoms with Crippen molar-refractivity contribution in [1.82, 2.24) is 10.2 Å². The zero-order chi connectivity index (χ0) is 16.2. The first-order valence-electron chi connectivity index (χ1n) is 7.03. The molecule has 1 heterocycles. The molecule has 0 atom stereocenters. The van der Waals surface area contributed by atoms with Crippen molar-refractivity contribution >= 4 is 23.4 Å². The quantitative estimate of drug-likeness (QED) is 0.724. The number of halogens is 1. The van der Waals surface area contributed by atoms with Crippen LogP contribution in [0.5, 0.6) is 0 Å². The maximum Gasteiger partial charge on any atom is 0.251 e. The summed E-state index contributed by atoms with van der Waals surface area (Å²) in [5, 5.41) is 21.7. The number of hydrogen-bond acceptors (Lipinski definition) is 4. The molecular weight excluding hydrogens is 308 g/mol. The third-order valence-electron chi connectivity index (χ3n) is 3.95. The fraction of sp³-hybridized carbons (Fsp3) is 0.467. The van der Waals surface area contributed by atoms with Gasteiger partial charge in [-0.25, -0.2) is 0 Å². The third kappa shape index (κ3) is 3.76. The monoisotopic (exact) mass is 326 g/mol. The highest BCUT2D eigenvalue weighted by atomic mass is 35.5. The van der Waals surface area contributed by atoms with E-state index >= 15 is 0 Å². The summed E-state index contributed by atoms with van der Waals surface area (Å²) >= 11 is 5.82. The lowest BCUT2D eigenvalue weighted by atomic mass is 9.89. The average molecular weight is 327 g/mol. The van der Waals surface area contributed by atoms with E-state index in [-0.39, 0.29) is 31.6 Å². The van der Waals surface area contributed by atoms with Gasteiger partial charge in [0.05, 0.1) is 19.8 Å². The lowest BCUT2D eigenvalue weighted by molar-refractivity contribution is -0.129. The summed E-state index contributed by atoms with van der Waals surface area (Å²) in [7, 11) is 0. The molecule has 1 aliphatic heterocycles. The predicted octanol–water partition coefficient (Wildman–Crippen LogP) is 0.273. The summed E-state index contributed by atoms with van der Waals surface area (Å²) < 4.78 is 0. The van der Waals surface area contributed by atoms with E-state index in [1.54, 1.807) is 23.1 Å². The van der Waals surface area contributed by atoms with Crippen LogP contribution < -0.4 is 5.32 Å². The molecule has 1 aromatic rings.